The lowest BCUT2D eigenvalue weighted by molar-refractivity contribution is -0.384. The summed E-state index contributed by atoms with van der Waals surface area (Å²) in [6.45, 7) is 5.37. The third-order valence-electron chi connectivity index (χ3n) is 3.95. The number of nitrogens with zero attached hydrogens (tertiary/aromatic N) is 1. The van der Waals surface area contributed by atoms with E-state index in [0.717, 1.165) is 17.2 Å². The molecule has 0 radical (unpaired) electrons. The highest BCUT2D eigenvalue weighted by molar-refractivity contribution is 6.01. The highest BCUT2D eigenvalue weighted by atomic mass is 16.6. The van der Waals surface area contributed by atoms with Crippen LogP contribution in [-0.4, -0.2) is 22.8 Å². The molecule has 6 nitrogen and oxygen atoms in total. The Kier molecular flexibility index (Phi) is 6.01. The molecule has 0 unspecified atom stereocenters. The lowest BCUT2D eigenvalue weighted by Gasteiger charge is -2.12. The first-order valence-corrected chi connectivity index (χ1v) is 8.02. The number of rotatable bonds is 6. The van der Waals surface area contributed by atoms with E-state index in [2.05, 4.69) is 0 Å². The van der Waals surface area contributed by atoms with Gasteiger partial charge >= 0.3 is 5.97 Å². The smallest absolute Gasteiger partial charge is 0.331 e. The van der Waals surface area contributed by atoms with Gasteiger partial charge < -0.3 is 4.74 Å². The Bertz CT molecular complexity index is 886. The maximum atomic E-state index is 12.4. The van der Waals surface area contributed by atoms with Gasteiger partial charge in [0.25, 0.3) is 5.69 Å². The Balaban J connectivity index is 2.02. The first-order valence-electron chi connectivity index (χ1n) is 8.02. The van der Waals surface area contributed by atoms with E-state index in [9.17, 15) is 19.7 Å². The van der Waals surface area contributed by atoms with Gasteiger partial charge in [0, 0.05) is 23.8 Å². The summed E-state index contributed by atoms with van der Waals surface area (Å²) in [6, 6.07) is 11.2. The summed E-state index contributed by atoms with van der Waals surface area (Å²) in [7, 11) is 0. The Labute approximate surface area is 151 Å². The first-order chi connectivity index (χ1) is 12.3. The molecule has 0 N–H and O–H groups in total. The molecule has 0 aliphatic heterocycles. The molecule has 0 heterocycles. The van der Waals surface area contributed by atoms with Crippen molar-refractivity contribution in [2.45, 2.75) is 26.9 Å². The fourth-order valence-corrected chi connectivity index (χ4v) is 2.30. The zero-order valence-corrected chi connectivity index (χ0v) is 14.8. The molecule has 2 rings (SSSR count). The maximum Gasteiger partial charge on any atom is 0.331 e. The topological polar surface area (TPSA) is 86.5 Å². The SMILES string of the molecule is Cc1ccc(C(=O)[C@@H](C)OC(=O)/C=C/c2cccc([N+](=O)[O-])c2)cc1C. The molecular formula is C20H19NO5. The van der Waals surface area contributed by atoms with Gasteiger partial charge in [-0.15, -0.1) is 0 Å². The van der Waals surface area contributed by atoms with Crippen molar-refractivity contribution in [1.82, 2.24) is 0 Å². The van der Waals surface area contributed by atoms with E-state index in [1.807, 2.05) is 19.9 Å². The molecule has 0 amide bonds. The molecule has 0 saturated heterocycles. The summed E-state index contributed by atoms with van der Waals surface area (Å²) in [6.07, 6.45) is 1.62. The lowest BCUT2D eigenvalue weighted by Crippen LogP contribution is -2.23. The number of carbonyl (C=O) groups is 2. The monoisotopic (exact) mass is 353 g/mol. The molecule has 0 aromatic heterocycles. The number of ketones is 1. The molecule has 0 bridgehead atoms. The maximum absolute atomic E-state index is 12.4. The second kappa shape index (κ2) is 8.20. The molecule has 1 atom stereocenters. The average molecular weight is 353 g/mol. The standard InChI is InChI=1S/C20H19NO5/c1-13-7-9-17(11-14(13)2)20(23)15(3)26-19(22)10-8-16-5-4-6-18(12-16)21(24)25/h4-12,15H,1-3H3/b10-8+/t15-/m1/s1. The molecule has 6 heteroatoms. The third kappa shape index (κ3) is 4.86. The minimum atomic E-state index is -0.931. The number of carbonyl (C=O) groups excluding carboxylic acids is 2. The summed E-state index contributed by atoms with van der Waals surface area (Å²) >= 11 is 0. The van der Waals surface area contributed by atoms with E-state index in [1.54, 1.807) is 18.2 Å². The van der Waals surface area contributed by atoms with Crippen LogP contribution in [-0.2, 0) is 9.53 Å². The van der Waals surface area contributed by atoms with Crippen molar-refractivity contribution in [2.24, 2.45) is 0 Å². The molecule has 0 aliphatic carbocycles. The van der Waals surface area contributed by atoms with E-state index in [0.29, 0.717) is 11.1 Å². The van der Waals surface area contributed by atoms with Crippen LogP contribution in [0, 0.1) is 24.0 Å². The van der Waals surface area contributed by atoms with Gasteiger partial charge in [-0.05, 0) is 49.6 Å². The van der Waals surface area contributed by atoms with Crippen LogP contribution in [0.25, 0.3) is 6.08 Å². The van der Waals surface area contributed by atoms with Gasteiger partial charge in [-0.2, -0.15) is 0 Å². The largest absolute Gasteiger partial charge is 0.451 e. The highest BCUT2D eigenvalue weighted by Crippen LogP contribution is 2.15. The minimum Gasteiger partial charge on any atom is -0.451 e. The Morgan fingerprint density at radius 1 is 1.12 bits per heavy atom. The number of non-ortho nitro benzene ring substituents is 1. The fourth-order valence-electron chi connectivity index (χ4n) is 2.30. The minimum absolute atomic E-state index is 0.0706. The number of hydrogen-bond donors (Lipinski definition) is 0. The van der Waals surface area contributed by atoms with Gasteiger partial charge in [-0.3, -0.25) is 14.9 Å². The molecule has 0 spiro atoms. The van der Waals surface area contributed by atoms with E-state index < -0.39 is 17.0 Å². The second-order valence-corrected chi connectivity index (χ2v) is 5.93. The Morgan fingerprint density at radius 3 is 2.50 bits per heavy atom. The van der Waals surface area contributed by atoms with Crippen LogP contribution < -0.4 is 0 Å². The van der Waals surface area contributed by atoms with E-state index in [1.165, 1.54) is 31.2 Å². The Hall–Kier alpha value is -3.28. The fraction of sp³-hybridized carbons (Fsp3) is 0.200. The van der Waals surface area contributed by atoms with E-state index in [-0.39, 0.29) is 11.5 Å². The lowest BCUT2D eigenvalue weighted by atomic mass is 10.0. The predicted octanol–water partition coefficient (Wildman–Crippen LogP) is 4.04. The quantitative estimate of drug-likeness (QED) is 0.257. The van der Waals surface area contributed by atoms with Crippen molar-refractivity contribution in [3.8, 4) is 0 Å². The zero-order chi connectivity index (χ0) is 19.3. The van der Waals surface area contributed by atoms with E-state index >= 15 is 0 Å². The molecular weight excluding hydrogens is 334 g/mol. The molecule has 26 heavy (non-hydrogen) atoms. The molecule has 0 aliphatic rings. The molecule has 0 fully saturated rings. The van der Waals surface area contributed by atoms with E-state index in [4.69, 9.17) is 4.74 Å². The summed E-state index contributed by atoms with van der Waals surface area (Å²) in [5.41, 5.74) is 2.96. The number of Topliss-reactive ketones (excluding diaryl/α,β-unsaturated/α-hetero) is 1. The van der Waals surface area contributed by atoms with Crippen molar-refractivity contribution in [3.05, 3.63) is 80.9 Å². The number of nitro benzene ring substituents is 1. The number of nitro groups is 1. The number of benzene rings is 2. The zero-order valence-electron chi connectivity index (χ0n) is 14.8. The number of hydrogen-bond acceptors (Lipinski definition) is 5. The van der Waals surface area contributed by atoms with Gasteiger partial charge in [-0.1, -0.05) is 24.3 Å². The van der Waals surface area contributed by atoms with Crippen molar-refractivity contribution >= 4 is 23.5 Å². The average Bonchev–Trinajstić information content (AvgIpc) is 2.61. The second-order valence-electron chi connectivity index (χ2n) is 5.93. The first kappa shape index (κ1) is 19.1. The van der Waals surface area contributed by atoms with Crippen LogP contribution in [0.15, 0.2) is 48.5 Å². The van der Waals surface area contributed by atoms with Gasteiger partial charge in [0.2, 0.25) is 5.78 Å². The summed E-state index contributed by atoms with van der Waals surface area (Å²) < 4.78 is 5.13. The molecule has 2 aromatic rings. The van der Waals surface area contributed by atoms with Crippen LogP contribution in [0.2, 0.25) is 0 Å². The number of ether oxygens (including phenoxy) is 1. The van der Waals surface area contributed by atoms with Gasteiger partial charge in [0.1, 0.15) is 0 Å². The summed E-state index contributed by atoms with van der Waals surface area (Å²) in [5.74, 6) is -0.980. The summed E-state index contributed by atoms with van der Waals surface area (Å²) in [5, 5.41) is 10.7. The number of esters is 1. The van der Waals surface area contributed by atoms with Gasteiger partial charge in [0.15, 0.2) is 6.10 Å². The highest BCUT2D eigenvalue weighted by Gasteiger charge is 2.18. The van der Waals surface area contributed by atoms with Crippen LogP contribution in [0.1, 0.15) is 34.0 Å². The van der Waals surface area contributed by atoms with Gasteiger partial charge in [0.05, 0.1) is 4.92 Å². The van der Waals surface area contributed by atoms with Crippen LogP contribution in [0.3, 0.4) is 0 Å². The Morgan fingerprint density at radius 2 is 1.85 bits per heavy atom. The number of aryl methyl sites for hydroxylation is 2. The van der Waals surface area contributed by atoms with Crippen LogP contribution in [0.5, 0.6) is 0 Å². The van der Waals surface area contributed by atoms with Gasteiger partial charge in [-0.25, -0.2) is 4.79 Å². The van der Waals surface area contributed by atoms with Crippen molar-refractivity contribution in [3.63, 3.8) is 0 Å². The molecule has 134 valence electrons. The third-order valence-corrected chi connectivity index (χ3v) is 3.95. The van der Waals surface area contributed by atoms with Crippen LogP contribution in [0.4, 0.5) is 5.69 Å². The van der Waals surface area contributed by atoms with Crippen molar-refractivity contribution in [2.75, 3.05) is 0 Å². The van der Waals surface area contributed by atoms with Crippen LogP contribution >= 0.6 is 0 Å². The van der Waals surface area contributed by atoms with Crippen molar-refractivity contribution in [1.29, 1.82) is 0 Å². The molecule has 0 saturated carbocycles. The van der Waals surface area contributed by atoms with Crippen molar-refractivity contribution < 1.29 is 19.2 Å². The summed E-state index contributed by atoms with van der Waals surface area (Å²) in [4.78, 5) is 34.5. The predicted molar refractivity (Wildman–Crippen MR) is 97.9 cm³/mol. The molecule has 2 aromatic carbocycles. The normalized spacial score (nSPS) is 12.0.